The molecule has 0 aliphatic carbocycles. The van der Waals surface area contributed by atoms with Crippen molar-refractivity contribution >= 4 is 17.6 Å². The second-order valence-corrected chi connectivity index (χ2v) is 3.77. The van der Waals surface area contributed by atoms with Crippen molar-refractivity contribution in [1.29, 1.82) is 0 Å². The molecule has 2 unspecified atom stereocenters. The first kappa shape index (κ1) is 14.2. The molecule has 16 heavy (non-hydrogen) atoms. The summed E-state index contributed by atoms with van der Waals surface area (Å²) in [5, 5.41) is 13.8. The standard InChI is InChI=1S/C9H18N4O3/c1-4-9(3,7(11)13-16)8(15)12-5(2)6(10)14/h5,16H,4H2,1-3H3,(H2,10,14)(H2,11,13)(H,12,15). The van der Waals surface area contributed by atoms with Gasteiger partial charge in [0.2, 0.25) is 11.8 Å². The minimum atomic E-state index is -1.15. The lowest BCUT2D eigenvalue weighted by molar-refractivity contribution is -0.131. The molecule has 0 aromatic rings. The van der Waals surface area contributed by atoms with Gasteiger partial charge in [0.05, 0.1) is 0 Å². The summed E-state index contributed by atoms with van der Waals surface area (Å²) in [7, 11) is 0. The molecule has 0 radical (unpaired) electrons. The van der Waals surface area contributed by atoms with E-state index in [4.69, 9.17) is 16.7 Å². The molecule has 7 heteroatoms. The molecule has 0 aliphatic rings. The van der Waals surface area contributed by atoms with Crippen LogP contribution in [0.5, 0.6) is 0 Å². The monoisotopic (exact) mass is 230 g/mol. The van der Waals surface area contributed by atoms with Crippen LogP contribution in [-0.2, 0) is 9.59 Å². The van der Waals surface area contributed by atoms with Gasteiger partial charge in [-0.05, 0) is 20.3 Å². The smallest absolute Gasteiger partial charge is 0.239 e. The lowest BCUT2D eigenvalue weighted by Gasteiger charge is -2.26. The van der Waals surface area contributed by atoms with Crippen molar-refractivity contribution in [1.82, 2.24) is 5.32 Å². The van der Waals surface area contributed by atoms with E-state index in [1.54, 1.807) is 6.92 Å². The molecule has 0 bridgehead atoms. The van der Waals surface area contributed by atoms with Gasteiger partial charge in [-0.3, -0.25) is 9.59 Å². The summed E-state index contributed by atoms with van der Waals surface area (Å²) in [6, 6.07) is -0.801. The Labute approximate surface area is 93.9 Å². The Morgan fingerprint density at radius 3 is 2.31 bits per heavy atom. The van der Waals surface area contributed by atoms with Gasteiger partial charge in [0.15, 0.2) is 5.84 Å². The summed E-state index contributed by atoms with van der Waals surface area (Å²) in [5.74, 6) is -1.35. The second-order valence-electron chi connectivity index (χ2n) is 3.77. The Bertz CT molecular complexity index is 316. The van der Waals surface area contributed by atoms with E-state index in [1.165, 1.54) is 13.8 Å². The van der Waals surface area contributed by atoms with E-state index in [9.17, 15) is 9.59 Å². The number of hydrogen-bond acceptors (Lipinski definition) is 4. The molecule has 6 N–H and O–H groups in total. The fourth-order valence-corrected chi connectivity index (χ4v) is 0.995. The number of nitrogens with two attached hydrogens (primary N) is 2. The number of carbonyl (C=O) groups is 2. The molecule has 0 heterocycles. The van der Waals surface area contributed by atoms with Gasteiger partial charge in [-0.15, -0.1) is 0 Å². The third kappa shape index (κ3) is 2.85. The molecular formula is C9H18N4O3. The molecular weight excluding hydrogens is 212 g/mol. The summed E-state index contributed by atoms with van der Waals surface area (Å²) >= 11 is 0. The number of nitrogens with one attached hydrogen (secondary N) is 1. The molecule has 0 aromatic carbocycles. The van der Waals surface area contributed by atoms with Crippen molar-refractivity contribution in [3.8, 4) is 0 Å². The Hall–Kier alpha value is -1.79. The maximum atomic E-state index is 11.8. The Morgan fingerprint density at radius 1 is 1.50 bits per heavy atom. The third-order valence-electron chi connectivity index (χ3n) is 2.66. The van der Waals surface area contributed by atoms with Crippen LogP contribution in [0, 0.1) is 5.41 Å². The molecule has 2 amide bonds. The van der Waals surface area contributed by atoms with Crippen molar-refractivity contribution in [2.24, 2.45) is 22.0 Å². The molecule has 2 atom stereocenters. The van der Waals surface area contributed by atoms with Crippen LogP contribution in [0.3, 0.4) is 0 Å². The average Bonchev–Trinajstić information content (AvgIpc) is 2.26. The molecule has 0 saturated heterocycles. The normalized spacial score (nSPS) is 17.3. The minimum absolute atomic E-state index is 0.204. The predicted molar refractivity (Wildman–Crippen MR) is 58.6 cm³/mol. The molecule has 0 fully saturated rings. The highest BCUT2D eigenvalue weighted by Gasteiger charge is 2.37. The largest absolute Gasteiger partial charge is 0.409 e. The lowest BCUT2D eigenvalue weighted by atomic mass is 9.85. The van der Waals surface area contributed by atoms with Crippen LogP contribution < -0.4 is 16.8 Å². The highest BCUT2D eigenvalue weighted by atomic mass is 16.4. The summed E-state index contributed by atoms with van der Waals surface area (Å²) < 4.78 is 0. The molecule has 0 spiro atoms. The number of oxime groups is 1. The Morgan fingerprint density at radius 2 is 2.00 bits per heavy atom. The number of carbonyl (C=O) groups excluding carboxylic acids is 2. The first-order chi connectivity index (χ1) is 7.29. The topological polar surface area (TPSA) is 131 Å². The minimum Gasteiger partial charge on any atom is -0.409 e. The number of rotatable bonds is 5. The van der Waals surface area contributed by atoms with Crippen LogP contribution in [0.25, 0.3) is 0 Å². The van der Waals surface area contributed by atoms with Crippen molar-refractivity contribution in [3.63, 3.8) is 0 Å². The summed E-state index contributed by atoms with van der Waals surface area (Å²) in [4.78, 5) is 22.6. The summed E-state index contributed by atoms with van der Waals surface area (Å²) in [6.45, 7) is 4.69. The van der Waals surface area contributed by atoms with E-state index >= 15 is 0 Å². The van der Waals surface area contributed by atoms with Crippen LogP contribution in [-0.4, -0.2) is 28.9 Å². The number of hydrogen-bond donors (Lipinski definition) is 4. The number of nitrogens with zero attached hydrogens (tertiary/aromatic N) is 1. The van der Waals surface area contributed by atoms with Gasteiger partial charge in [0, 0.05) is 0 Å². The summed E-state index contributed by atoms with van der Waals surface area (Å²) in [6.07, 6.45) is 0.334. The van der Waals surface area contributed by atoms with Crippen LogP contribution in [0.1, 0.15) is 27.2 Å². The predicted octanol–water partition coefficient (Wildman–Crippen LogP) is -0.861. The van der Waals surface area contributed by atoms with Crippen LogP contribution in [0.15, 0.2) is 5.16 Å². The number of amides is 2. The van der Waals surface area contributed by atoms with E-state index in [0.717, 1.165) is 0 Å². The van der Waals surface area contributed by atoms with Crippen molar-refractivity contribution in [3.05, 3.63) is 0 Å². The molecule has 0 aromatic heterocycles. The van der Waals surface area contributed by atoms with E-state index in [1.807, 2.05) is 0 Å². The zero-order chi connectivity index (χ0) is 12.9. The van der Waals surface area contributed by atoms with Crippen LogP contribution in [0.4, 0.5) is 0 Å². The van der Waals surface area contributed by atoms with E-state index in [2.05, 4.69) is 10.5 Å². The quantitative estimate of drug-likeness (QED) is 0.212. The second kappa shape index (κ2) is 5.34. The zero-order valence-corrected chi connectivity index (χ0v) is 9.65. The third-order valence-corrected chi connectivity index (χ3v) is 2.66. The van der Waals surface area contributed by atoms with Gasteiger partial charge in [-0.1, -0.05) is 12.1 Å². The fourth-order valence-electron chi connectivity index (χ4n) is 0.995. The van der Waals surface area contributed by atoms with E-state index < -0.39 is 23.3 Å². The van der Waals surface area contributed by atoms with E-state index in [0.29, 0.717) is 6.42 Å². The maximum absolute atomic E-state index is 11.8. The lowest BCUT2D eigenvalue weighted by Crippen LogP contribution is -2.52. The van der Waals surface area contributed by atoms with Crippen molar-refractivity contribution in [2.45, 2.75) is 33.2 Å². The number of amidine groups is 1. The van der Waals surface area contributed by atoms with Gasteiger partial charge >= 0.3 is 0 Å². The summed E-state index contributed by atoms with van der Waals surface area (Å²) in [5.41, 5.74) is 9.30. The molecule has 0 saturated carbocycles. The first-order valence-electron chi connectivity index (χ1n) is 4.87. The SMILES string of the molecule is CCC(C)(C(=O)NC(C)C(N)=O)C(N)=NO. The first-order valence-corrected chi connectivity index (χ1v) is 4.87. The van der Waals surface area contributed by atoms with Gasteiger partial charge in [-0.25, -0.2) is 0 Å². The van der Waals surface area contributed by atoms with Gasteiger partial charge < -0.3 is 22.0 Å². The average molecular weight is 230 g/mol. The molecule has 0 rings (SSSR count). The zero-order valence-electron chi connectivity index (χ0n) is 9.65. The van der Waals surface area contributed by atoms with Crippen LogP contribution in [0.2, 0.25) is 0 Å². The van der Waals surface area contributed by atoms with Crippen LogP contribution >= 0.6 is 0 Å². The van der Waals surface area contributed by atoms with Crippen molar-refractivity contribution < 1.29 is 14.8 Å². The van der Waals surface area contributed by atoms with Crippen molar-refractivity contribution in [2.75, 3.05) is 0 Å². The maximum Gasteiger partial charge on any atom is 0.239 e. The van der Waals surface area contributed by atoms with Gasteiger partial charge in [0.25, 0.3) is 0 Å². The molecule has 7 nitrogen and oxygen atoms in total. The van der Waals surface area contributed by atoms with E-state index in [-0.39, 0.29) is 5.84 Å². The van der Waals surface area contributed by atoms with Gasteiger partial charge in [0.1, 0.15) is 11.5 Å². The fraction of sp³-hybridized carbons (Fsp3) is 0.667. The Kier molecular flexibility index (Phi) is 4.74. The Balaban J connectivity index is 4.86. The number of primary amides is 1. The van der Waals surface area contributed by atoms with Gasteiger partial charge in [-0.2, -0.15) is 0 Å². The highest BCUT2D eigenvalue weighted by Crippen LogP contribution is 2.21. The molecule has 0 aliphatic heterocycles. The molecule has 92 valence electrons. The highest BCUT2D eigenvalue weighted by molar-refractivity contribution is 6.07.